The van der Waals surface area contributed by atoms with Crippen molar-refractivity contribution in [2.45, 2.75) is 20.8 Å². The van der Waals surface area contributed by atoms with Crippen LogP contribution in [0.25, 0.3) is 5.57 Å². The zero-order valence-electron chi connectivity index (χ0n) is 17.3. The van der Waals surface area contributed by atoms with Gasteiger partial charge in [0, 0.05) is 22.8 Å². The van der Waals surface area contributed by atoms with Crippen molar-refractivity contribution in [3.8, 4) is 0 Å². The molecule has 0 aliphatic heterocycles. The third kappa shape index (κ3) is 6.43. The van der Waals surface area contributed by atoms with Crippen LogP contribution in [0.3, 0.4) is 0 Å². The zero-order valence-corrected chi connectivity index (χ0v) is 18.2. The summed E-state index contributed by atoms with van der Waals surface area (Å²) in [6.45, 7) is 6.25. The van der Waals surface area contributed by atoms with Crippen LogP contribution in [0.2, 0.25) is 0 Å². The Hall–Kier alpha value is -2.64. The maximum absolute atomic E-state index is 8.55. The summed E-state index contributed by atoms with van der Waals surface area (Å²) in [5.74, 6) is 0. The van der Waals surface area contributed by atoms with E-state index in [0.29, 0.717) is 0 Å². The maximum atomic E-state index is 8.55. The van der Waals surface area contributed by atoms with Gasteiger partial charge >= 0.3 is 0 Å². The van der Waals surface area contributed by atoms with Gasteiger partial charge in [-0.25, -0.2) is 0 Å². The Morgan fingerprint density at radius 3 is 1.67 bits per heavy atom. The molecule has 30 heavy (non-hydrogen) atoms. The Balaban J connectivity index is 0.000000575. The van der Waals surface area contributed by atoms with E-state index in [1.807, 2.05) is 13.0 Å². The lowest BCUT2D eigenvalue weighted by Crippen LogP contribution is -2.41. The molecule has 3 rings (SSSR count). The minimum Gasteiger partial charge on any atom is -0.822 e. The van der Waals surface area contributed by atoms with E-state index < -0.39 is 7.82 Å². The lowest BCUT2D eigenvalue weighted by atomic mass is 9.88. The van der Waals surface area contributed by atoms with Crippen molar-refractivity contribution >= 4 is 30.5 Å². The first kappa shape index (κ1) is 23.6. The first-order valence-corrected chi connectivity index (χ1v) is 10.7. The second-order valence-electron chi connectivity index (χ2n) is 7.18. The first-order valence-electron chi connectivity index (χ1n) is 9.19. The van der Waals surface area contributed by atoms with E-state index >= 15 is 0 Å². The summed E-state index contributed by atoms with van der Waals surface area (Å²) in [6, 6.07) is 12.9. The maximum Gasteiger partial charge on any atom is 0.199 e. The lowest BCUT2D eigenvalue weighted by molar-refractivity contribution is -0.432. The van der Waals surface area contributed by atoms with Crippen LogP contribution in [0, 0.1) is 13.8 Å². The average Bonchev–Trinajstić information content (AvgIpc) is 2.63. The highest BCUT2D eigenvalue weighted by atomic mass is 31.2. The first-order chi connectivity index (χ1) is 13.9. The molecule has 2 aromatic carbocycles. The molecular formula is C22H26N3O4P. The van der Waals surface area contributed by atoms with E-state index in [-0.39, 0.29) is 0 Å². The quantitative estimate of drug-likeness (QED) is 0.509. The fourth-order valence-corrected chi connectivity index (χ4v) is 3.03. The number of aryl methyl sites for hydroxylation is 2. The van der Waals surface area contributed by atoms with Crippen LogP contribution >= 0.6 is 7.82 Å². The van der Waals surface area contributed by atoms with Crippen molar-refractivity contribution < 1.29 is 36.1 Å². The van der Waals surface area contributed by atoms with Crippen LogP contribution in [0.15, 0.2) is 65.8 Å². The SMILES string of the molecule is CC1=CC(=C(c2ccc([NH3+])c(C)c2)c2ccc([NH3+])c(C)c2)C=CC1=[NH2+].O=P([O-])([O-])[O-]. The number of benzene rings is 2. The van der Waals surface area contributed by atoms with Gasteiger partial charge < -0.3 is 30.7 Å². The lowest BCUT2D eigenvalue weighted by Gasteiger charge is -2.36. The highest BCUT2D eigenvalue weighted by molar-refractivity contribution is 7.40. The molecule has 0 saturated heterocycles. The third-order valence-electron chi connectivity index (χ3n) is 4.82. The van der Waals surface area contributed by atoms with Crippen LogP contribution in [-0.2, 0) is 4.57 Å². The predicted molar refractivity (Wildman–Crippen MR) is 111 cm³/mol. The van der Waals surface area contributed by atoms with E-state index in [1.54, 1.807) is 0 Å². The fraction of sp³-hybridized carbons (Fsp3) is 0.136. The number of rotatable bonds is 2. The van der Waals surface area contributed by atoms with E-state index in [4.69, 9.17) is 24.7 Å². The molecule has 0 unspecified atom stereocenters. The smallest absolute Gasteiger partial charge is 0.199 e. The molecule has 0 fully saturated rings. The molecule has 0 atom stereocenters. The van der Waals surface area contributed by atoms with Crippen molar-refractivity contribution in [2.24, 2.45) is 0 Å². The van der Waals surface area contributed by atoms with Crippen LogP contribution in [-0.4, -0.2) is 5.71 Å². The van der Waals surface area contributed by atoms with Crippen molar-refractivity contribution in [1.82, 2.24) is 0 Å². The monoisotopic (exact) mass is 427 g/mol. The number of hydrogen-bond acceptors (Lipinski definition) is 4. The Labute approximate surface area is 175 Å². The third-order valence-corrected chi connectivity index (χ3v) is 4.82. The summed E-state index contributed by atoms with van der Waals surface area (Å²) >= 11 is 0. The van der Waals surface area contributed by atoms with E-state index in [9.17, 15) is 0 Å². The van der Waals surface area contributed by atoms with Gasteiger partial charge in [-0.3, -0.25) is 5.41 Å². The van der Waals surface area contributed by atoms with Gasteiger partial charge in [0.05, 0.1) is 0 Å². The molecule has 0 radical (unpaired) electrons. The number of phosphoric acid groups is 1. The standard InChI is InChI=1S/C22H23N3.H3O4P/c1-13-10-16(4-7-19(13)23)22(17-5-8-20(24)14(2)11-17)18-6-9-21(25)15(3)12-18;1-5(2,3)4/h4-12,23H,24-25H2,1-3H3;(H3,1,2,3,4). The van der Waals surface area contributed by atoms with Crippen molar-refractivity contribution in [3.05, 3.63) is 88.0 Å². The van der Waals surface area contributed by atoms with Gasteiger partial charge in [-0.2, -0.15) is 7.82 Å². The summed E-state index contributed by atoms with van der Waals surface area (Å²) in [5, 5.41) is 6.03. The van der Waals surface area contributed by atoms with E-state index in [1.165, 1.54) is 33.4 Å². The summed E-state index contributed by atoms with van der Waals surface area (Å²) in [7, 11) is -5.39. The number of nitrogens with two attached hydrogens (primary N) is 1. The van der Waals surface area contributed by atoms with Crippen LogP contribution in [0.1, 0.15) is 29.2 Å². The molecular weight excluding hydrogens is 401 g/mol. The molecule has 7 nitrogen and oxygen atoms in total. The Kier molecular flexibility index (Phi) is 7.44. The minimum absolute atomic E-state index is 0.816. The number of allylic oxidation sites excluding steroid dienone is 5. The molecule has 8 N–H and O–H groups in total. The Morgan fingerprint density at radius 2 is 1.30 bits per heavy atom. The van der Waals surface area contributed by atoms with Gasteiger partial charge in [-0.05, 0) is 91.6 Å². The molecule has 0 saturated carbocycles. The van der Waals surface area contributed by atoms with E-state index in [0.717, 1.165) is 22.7 Å². The highest BCUT2D eigenvalue weighted by Crippen LogP contribution is 2.32. The predicted octanol–water partition coefficient (Wildman–Crippen LogP) is -1.26. The molecule has 1 aliphatic carbocycles. The molecule has 0 spiro atoms. The molecule has 8 heteroatoms. The zero-order chi connectivity index (χ0) is 22.6. The second-order valence-corrected chi connectivity index (χ2v) is 8.07. The van der Waals surface area contributed by atoms with Crippen LogP contribution in [0.5, 0.6) is 0 Å². The highest BCUT2D eigenvalue weighted by Gasteiger charge is 2.16. The molecule has 2 aromatic rings. The average molecular weight is 427 g/mol. The second kappa shape index (κ2) is 9.45. The van der Waals surface area contributed by atoms with Gasteiger partial charge in [0.1, 0.15) is 11.4 Å². The number of hydrogen-bond donors (Lipinski definition) is 3. The van der Waals surface area contributed by atoms with Gasteiger partial charge in [-0.1, -0.05) is 0 Å². The van der Waals surface area contributed by atoms with Crippen LogP contribution < -0.4 is 31.6 Å². The molecule has 0 amide bonds. The van der Waals surface area contributed by atoms with Crippen molar-refractivity contribution in [1.29, 1.82) is 0 Å². The fourth-order valence-electron chi connectivity index (χ4n) is 3.03. The van der Waals surface area contributed by atoms with Crippen molar-refractivity contribution in [3.63, 3.8) is 0 Å². The number of quaternary nitrogens is 2. The van der Waals surface area contributed by atoms with Gasteiger partial charge in [-0.15, -0.1) is 0 Å². The summed E-state index contributed by atoms with van der Waals surface area (Å²) < 4.78 is 8.55. The van der Waals surface area contributed by atoms with Gasteiger partial charge in [0.25, 0.3) is 0 Å². The topological polar surface area (TPSA) is 167 Å². The van der Waals surface area contributed by atoms with E-state index in [2.05, 4.69) is 73.9 Å². The summed E-state index contributed by atoms with van der Waals surface area (Å²) in [6.07, 6.45) is 6.24. The van der Waals surface area contributed by atoms with Gasteiger partial charge in [0.15, 0.2) is 5.71 Å². The largest absolute Gasteiger partial charge is 0.822 e. The molecule has 0 heterocycles. The Morgan fingerprint density at radius 1 is 0.867 bits per heavy atom. The summed E-state index contributed by atoms with van der Waals surface area (Å²) in [5.41, 5.74) is 19.3. The van der Waals surface area contributed by atoms with Gasteiger partial charge in [0.2, 0.25) is 0 Å². The molecule has 0 bridgehead atoms. The van der Waals surface area contributed by atoms with Crippen molar-refractivity contribution in [2.75, 3.05) is 0 Å². The molecule has 158 valence electrons. The molecule has 1 aliphatic rings. The summed E-state index contributed by atoms with van der Waals surface area (Å²) in [4.78, 5) is 25.6. The molecule has 0 aromatic heterocycles. The van der Waals surface area contributed by atoms with Crippen LogP contribution in [0.4, 0.5) is 11.4 Å². The normalized spacial score (nSPS) is 13.5. The Bertz CT molecular complexity index is 1070. The minimum atomic E-state index is -5.39.